The summed E-state index contributed by atoms with van der Waals surface area (Å²) in [4.78, 5) is 11.4. The number of nitrogens with zero attached hydrogens (tertiary/aromatic N) is 3. The Morgan fingerprint density at radius 3 is 2.70 bits per heavy atom. The van der Waals surface area contributed by atoms with Crippen molar-refractivity contribution in [2.75, 3.05) is 7.11 Å². The molecule has 194 valence electrons. The number of halogens is 1. The van der Waals surface area contributed by atoms with Gasteiger partial charge in [-0.25, -0.2) is 9.07 Å². The highest BCUT2D eigenvalue weighted by Crippen LogP contribution is 2.46. The molecule has 1 heterocycles. The number of methoxy groups -OCH3 is 1. The van der Waals surface area contributed by atoms with Crippen molar-refractivity contribution in [3.05, 3.63) is 71.3 Å². The lowest BCUT2D eigenvalue weighted by atomic mass is 9.83. The van der Waals surface area contributed by atoms with E-state index in [4.69, 9.17) is 9.47 Å². The topological polar surface area (TPSA) is 86.5 Å². The van der Waals surface area contributed by atoms with Gasteiger partial charge in [-0.2, -0.15) is 0 Å². The average Bonchev–Trinajstić information content (AvgIpc) is 3.54. The number of rotatable bonds is 10. The van der Waals surface area contributed by atoms with Crippen LogP contribution in [0.15, 0.2) is 48.5 Å². The van der Waals surface area contributed by atoms with Crippen LogP contribution in [0, 0.1) is 17.2 Å². The quantitative estimate of drug-likeness (QED) is 0.355. The molecular weight excluding hydrogens is 473 g/mol. The fourth-order valence-corrected chi connectivity index (χ4v) is 5.27. The Morgan fingerprint density at radius 1 is 1.22 bits per heavy atom. The summed E-state index contributed by atoms with van der Waals surface area (Å²) in [7, 11) is 1.54. The third kappa shape index (κ3) is 5.24. The molecule has 1 N–H and O–H groups in total. The summed E-state index contributed by atoms with van der Waals surface area (Å²) in [6, 6.07) is 12.2. The number of aliphatic carboxylic acids is 1. The molecule has 0 saturated heterocycles. The lowest BCUT2D eigenvalue weighted by Gasteiger charge is -2.24. The number of aromatic nitrogens is 3. The van der Waals surface area contributed by atoms with Crippen molar-refractivity contribution in [3.8, 4) is 17.2 Å². The second-order valence-corrected chi connectivity index (χ2v) is 10.6. The highest BCUT2D eigenvalue weighted by molar-refractivity contribution is 5.72. The van der Waals surface area contributed by atoms with Gasteiger partial charge in [-0.15, -0.1) is 5.10 Å². The molecule has 0 amide bonds. The Bertz CT molecular complexity index is 1340. The summed E-state index contributed by atoms with van der Waals surface area (Å²) in [5, 5.41) is 18.1. The van der Waals surface area contributed by atoms with Crippen LogP contribution < -0.4 is 9.47 Å². The van der Waals surface area contributed by atoms with Crippen LogP contribution >= 0.6 is 0 Å². The van der Waals surface area contributed by atoms with Crippen molar-refractivity contribution in [1.29, 1.82) is 0 Å². The van der Waals surface area contributed by atoms with E-state index in [2.05, 4.69) is 30.2 Å². The van der Waals surface area contributed by atoms with Crippen LogP contribution in [0.2, 0.25) is 0 Å². The third-order valence-corrected chi connectivity index (χ3v) is 7.47. The zero-order valence-corrected chi connectivity index (χ0v) is 21.4. The molecule has 1 saturated carbocycles. The Labute approximate surface area is 215 Å². The molecule has 1 fully saturated rings. The first-order valence-electron chi connectivity index (χ1n) is 12.7. The van der Waals surface area contributed by atoms with Crippen molar-refractivity contribution in [1.82, 2.24) is 15.0 Å². The minimum atomic E-state index is -0.790. The highest BCUT2D eigenvalue weighted by Gasteiger charge is 2.35. The monoisotopic (exact) mass is 505 g/mol. The van der Waals surface area contributed by atoms with Crippen LogP contribution in [0.25, 0.3) is 11.3 Å². The lowest BCUT2D eigenvalue weighted by Crippen LogP contribution is -2.15. The van der Waals surface area contributed by atoms with Gasteiger partial charge < -0.3 is 14.6 Å². The fourth-order valence-electron chi connectivity index (χ4n) is 5.27. The molecule has 1 aromatic heterocycles. The number of hydrogen-bond acceptors (Lipinski definition) is 5. The Morgan fingerprint density at radius 2 is 2.03 bits per heavy atom. The maximum Gasteiger partial charge on any atom is 0.303 e. The van der Waals surface area contributed by atoms with E-state index in [1.54, 1.807) is 23.9 Å². The molecule has 8 heteroatoms. The first-order valence-corrected chi connectivity index (χ1v) is 12.7. The number of carboxylic acids is 1. The van der Waals surface area contributed by atoms with Gasteiger partial charge in [-0.1, -0.05) is 37.3 Å². The molecule has 3 aromatic rings. The van der Waals surface area contributed by atoms with Gasteiger partial charge >= 0.3 is 5.97 Å². The number of ether oxygens (including phenoxy) is 2. The van der Waals surface area contributed by atoms with Crippen LogP contribution in [-0.2, 0) is 11.4 Å². The van der Waals surface area contributed by atoms with E-state index in [0.717, 1.165) is 42.5 Å². The van der Waals surface area contributed by atoms with Crippen molar-refractivity contribution in [3.63, 3.8) is 0 Å². The molecule has 0 radical (unpaired) electrons. The normalized spacial score (nSPS) is 17.4. The van der Waals surface area contributed by atoms with Crippen LogP contribution in [0.3, 0.4) is 0 Å². The molecule has 1 atom stereocenters. The van der Waals surface area contributed by atoms with E-state index in [1.807, 2.05) is 24.3 Å². The van der Waals surface area contributed by atoms with Crippen molar-refractivity contribution in [2.45, 2.75) is 58.5 Å². The molecule has 0 spiro atoms. The SMILES string of the molecule is COc1ccc(F)c(-n2nnc(COc3cccc([C@@H](CC(=O)O)C4CC4)c3)c2C2=CCCC2(C)C)c1. The predicted molar refractivity (Wildman–Crippen MR) is 137 cm³/mol. The molecule has 7 nitrogen and oxygen atoms in total. The maximum absolute atomic E-state index is 15.0. The molecule has 37 heavy (non-hydrogen) atoms. The summed E-state index contributed by atoms with van der Waals surface area (Å²) in [5.74, 6) is 0.347. The minimum Gasteiger partial charge on any atom is -0.497 e. The first-order chi connectivity index (χ1) is 17.8. The van der Waals surface area contributed by atoms with Crippen LogP contribution in [0.1, 0.15) is 68.8 Å². The highest BCUT2D eigenvalue weighted by atomic mass is 19.1. The predicted octanol–water partition coefficient (Wildman–Crippen LogP) is 6.17. The molecule has 2 aliphatic carbocycles. The average molecular weight is 506 g/mol. The third-order valence-electron chi connectivity index (χ3n) is 7.47. The van der Waals surface area contributed by atoms with E-state index in [-0.39, 0.29) is 30.0 Å². The minimum absolute atomic E-state index is 0.0158. The van der Waals surface area contributed by atoms with Gasteiger partial charge in [0.15, 0.2) is 0 Å². The van der Waals surface area contributed by atoms with Gasteiger partial charge in [0.05, 0.1) is 19.2 Å². The van der Waals surface area contributed by atoms with Gasteiger partial charge in [0.2, 0.25) is 0 Å². The molecule has 5 rings (SSSR count). The number of benzene rings is 2. The van der Waals surface area contributed by atoms with E-state index in [0.29, 0.717) is 23.1 Å². The van der Waals surface area contributed by atoms with Crippen molar-refractivity contribution >= 4 is 11.5 Å². The molecule has 0 aliphatic heterocycles. The second kappa shape index (κ2) is 10.00. The summed E-state index contributed by atoms with van der Waals surface area (Å²) >= 11 is 0. The molecule has 2 aromatic carbocycles. The van der Waals surface area contributed by atoms with E-state index < -0.39 is 11.8 Å². The Balaban J connectivity index is 1.47. The fraction of sp³-hybridized carbons (Fsp3) is 0.414. The van der Waals surface area contributed by atoms with Crippen molar-refractivity contribution in [2.24, 2.45) is 11.3 Å². The largest absolute Gasteiger partial charge is 0.497 e. The number of carbonyl (C=O) groups is 1. The number of hydrogen-bond donors (Lipinski definition) is 1. The second-order valence-electron chi connectivity index (χ2n) is 10.6. The van der Waals surface area contributed by atoms with Gasteiger partial charge in [0, 0.05) is 6.07 Å². The lowest BCUT2D eigenvalue weighted by molar-refractivity contribution is -0.137. The zero-order valence-electron chi connectivity index (χ0n) is 21.4. The van der Waals surface area contributed by atoms with Crippen LogP contribution in [-0.4, -0.2) is 33.2 Å². The van der Waals surface area contributed by atoms with Gasteiger partial charge in [0.25, 0.3) is 0 Å². The number of allylic oxidation sites excluding steroid dienone is 2. The molecule has 0 unspecified atom stereocenters. The molecular formula is C29H32FN3O4. The molecule has 0 bridgehead atoms. The Hall–Kier alpha value is -3.68. The first kappa shape index (κ1) is 25.0. The smallest absolute Gasteiger partial charge is 0.303 e. The summed E-state index contributed by atoms with van der Waals surface area (Å²) in [6.45, 7) is 4.48. The maximum atomic E-state index is 15.0. The van der Waals surface area contributed by atoms with Gasteiger partial charge in [-0.05, 0) is 78.3 Å². The van der Waals surface area contributed by atoms with Gasteiger partial charge in [-0.3, -0.25) is 4.79 Å². The van der Waals surface area contributed by atoms with E-state index in [1.165, 1.54) is 6.07 Å². The van der Waals surface area contributed by atoms with Gasteiger partial charge in [0.1, 0.15) is 35.3 Å². The summed E-state index contributed by atoms with van der Waals surface area (Å²) < 4.78 is 28.0. The molecule has 2 aliphatic rings. The van der Waals surface area contributed by atoms with E-state index in [9.17, 15) is 14.3 Å². The van der Waals surface area contributed by atoms with Crippen LogP contribution in [0.5, 0.6) is 11.5 Å². The zero-order chi connectivity index (χ0) is 26.2. The Kier molecular flexibility index (Phi) is 6.75. The summed E-state index contributed by atoms with van der Waals surface area (Å²) in [5.41, 5.74) is 3.51. The van der Waals surface area contributed by atoms with Crippen LogP contribution in [0.4, 0.5) is 4.39 Å². The van der Waals surface area contributed by atoms with E-state index >= 15 is 0 Å². The summed E-state index contributed by atoms with van der Waals surface area (Å²) in [6.07, 6.45) is 6.29. The standard InChI is InChI=1S/C29H32FN3O4/c1-29(2)13-5-8-23(29)28-25(31-32-33(28)26-15-20(36-3)11-12-24(26)30)17-37-21-7-4-6-19(14-21)22(16-27(34)35)18-9-10-18/h4,6-8,11-12,14-15,18,22H,5,9-10,13,16-17H2,1-3H3,(H,34,35)/t22-/m0/s1. The number of carboxylic acid groups (broad SMARTS) is 1. The van der Waals surface area contributed by atoms with Crippen molar-refractivity contribution < 1.29 is 23.8 Å².